The number of hydrogen-bond acceptors (Lipinski definition) is 4. The van der Waals surface area contributed by atoms with Gasteiger partial charge in [0.05, 0.1) is 0 Å². The van der Waals surface area contributed by atoms with Gasteiger partial charge in [-0.2, -0.15) is 0 Å². The fraction of sp³-hybridized carbons (Fsp3) is 0.154. The van der Waals surface area contributed by atoms with Crippen molar-refractivity contribution in [1.82, 2.24) is 4.72 Å². The smallest absolute Gasteiger partial charge is 0.371 e. The number of furan rings is 1. The highest BCUT2D eigenvalue weighted by molar-refractivity contribution is 7.89. The molecule has 2 aromatic rings. The predicted molar refractivity (Wildman–Crippen MR) is 70.9 cm³/mol. The van der Waals surface area contributed by atoms with E-state index in [0.29, 0.717) is 0 Å². The standard InChI is InChI=1S/C13H13NO5S/c1-9-12(7-11(19-9)13(15)16)20(17,18)14-8-10-5-3-2-4-6-10/h2-7,14H,8H2,1H3,(H,15,16). The molecule has 106 valence electrons. The molecule has 1 aromatic carbocycles. The van der Waals surface area contributed by atoms with E-state index in [1.54, 1.807) is 24.3 Å². The topological polar surface area (TPSA) is 96.6 Å². The number of hydrogen-bond donors (Lipinski definition) is 2. The lowest BCUT2D eigenvalue weighted by Gasteiger charge is -2.05. The van der Waals surface area contributed by atoms with Gasteiger partial charge >= 0.3 is 5.97 Å². The van der Waals surface area contributed by atoms with Crippen LogP contribution in [-0.2, 0) is 16.6 Å². The maximum Gasteiger partial charge on any atom is 0.371 e. The molecule has 20 heavy (non-hydrogen) atoms. The minimum atomic E-state index is -3.81. The van der Waals surface area contributed by atoms with Crippen LogP contribution in [0.15, 0.2) is 45.7 Å². The van der Waals surface area contributed by atoms with Crippen molar-refractivity contribution >= 4 is 16.0 Å². The summed E-state index contributed by atoms with van der Waals surface area (Å²) in [6, 6.07) is 10.0. The first-order valence-electron chi connectivity index (χ1n) is 5.77. The second-order valence-corrected chi connectivity index (χ2v) is 5.88. The van der Waals surface area contributed by atoms with Crippen LogP contribution in [0.4, 0.5) is 0 Å². The average molecular weight is 295 g/mol. The number of aromatic carboxylic acids is 1. The molecule has 0 fully saturated rings. The fourth-order valence-electron chi connectivity index (χ4n) is 1.69. The Kier molecular flexibility index (Phi) is 3.91. The van der Waals surface area contributed by atoms with Gasteiger partial charge in [0.1, 0.15) is 10.7 Å². The molecule has 0 radical (unpaired) electrons. The summed E-state index contributed by atoms with van der Waals surface area (Å²) in [6.07, 6.45) is 0. The highest BCUT2D eigenvalue weighted by Gasteiger charge is 2.23. The number of carboxylic acid groups (broad SMARTS) is 1. The Morgan fingerprint density at radius 3 is 2.50 bits per heavy atom. The maximum atomic E-state index is 12.1. The van der Waals surface area contributed by atoms with Gasteiger partial charge in [0, 0.05) is 12.6 Å². The molecule has 2 rings (SSSR count). The van der Waals surface area contributed by atoms with Gasteiger partial charge in [-0.05, 0) is 12.5 Å². The van der Waals surface area contributed by atoms with Gasteiger partial charge in [0.2, 0.25) is 15.8 Å². The molecule has 0 saturated heterocycles. The van der Waals surface area contributed by atoms with Crippen LogP contribution >= 0.6 is 0 Å². The molecule has 7 heteroatoms. The van der Waals surface area contributed by atoms with E-state index in [9.17, 15) is 13.2 Å². The molecule has 1 heterocycles. The summed E-state index contributed by atoms with van der Waals surface area (Å²) in [5.74, 6) is -1.66. The van der Waals surface area contributed by atoms with Crippen LogP contribution in [0.25, 0.3) is 0 Å². The van der Waals surface area contributed by atoms with Gasteiger partial charge in [-0.3, -0.25) is 0 Å². The van der Waals surface area contributed by atoms with E-state index in [4.69, 9.17) is 9.52 Å². The molecule has 0 spiro atoms. The molecular weight excluding hydrogens is 282 g/mol. The lowest BCUT2D eigenvalue weighted by molar-refractivity contribution is 0.0661. The average Bonchev–Trinajstić information content (AvgIpc) is 2.81. The molecule has 0 saturated carbocycles. The maximum absolute atomic E-state index is 12.1. The van der Waals surface area contributed by atoms with Crippen molar-refractivity contribution < 1.29 is 22.7 Å². The van der Waals surface area contributed by atoms with Gasteiger partial charge in [-0.15, -0.1) is 0 Å². The van der Waals surface area contributed by atoms with Crippen LogP contribution in [0.1, 0.15) is 21.9 Å². The van der Waals surface area contributed by atoms with Gasteiger partial charge in [-0.25, -0.2) is 17.9 Å². The summed E-state index contributed by atoms with van der Waals surface area (Å²) in [4.78, 5) is 10.6. The monoisotopic (exact) mass is 295 g/mol. The Hall–Kier alpha value is -2.12. The summed E-state index contributed by atoms with van der Waals surface area (Å²) < 4.78 is 31.5. The van der Waals surface area contributed by atoms with E-state index in [0.717, 1.165) is 11.6 Å². The molecule has 0 aliphatic carbocycles. The first-order valence-corrected chi connectivity index (χ1v) is 7.26. The number of rotatable bonds is 5. The van der Waals surface area contributed by atoms with Crippen molar-refractivity contribution in [2.45, 2.75) is 18.4 Å². The molecule has 0 atom stereocenters. The Bertz CT molecular complexity index is 718. The van der Waals surface area contributed by atoms with Gasteiger partial charge in [0.15, 0.2) is 0 Å². The van der Waals surface area contributed by atoms with Crippen molar-refractivity contribution in [3.8, 4) is 0 Å². The largest absolute Gasteiger partial charge is 0.475 e. The molecule has 0 bridgehead atoms. The Morgan fingerprint density at radius 1 is 1.30 bits per heavy atom. The Balaban J connectivity index is 2.20. The summed E-state index contributed by atoms with van der Waals surface area (Å²) in [5, 5.41) is 8.79. The number of nitrogens with one attached hydrogen (secondary N) is 1. The SMILES string of the molecule is Cc1oc(C(=O)O)cc1S(=O)(=O)NCc1ccccc1. The number of aryl methyl sites for hydroxylation is 1. The Morgan fingerprint density at radius 2 is 1.95 bits per heavy atom. The number of carbonyl (C=O) groups is 1. The van der Waals surface area contributed by atoms with Crippen molar-refractivity contribution in [3.63, 3.8) is 0 Å². The van der Waals surface area contributed by atoms with E-state index in [-0.39, 0.29) is 17.2 Å². The van der Waals surface area contributed by atoms with Crippen LogP contribution < -0.4 is 4.72 Å². The quantitative estimate of drug-likeness (QED) is 0.876. The second kappa shape index (κ2) is 5.48. The second-order valence-electron chi connectivity index (χ2n) is 4.15. The molecule has 0 unspecified atom stereocenters. The van der Waals surface area contributed by atoms with Crippen LogP contribution in [0.5, 0.6) is 0 Å². The number of sulfonamides is 1. The van der Waals surface area contributed by atoms with E-state index < -0.39 is 21.8 Å². The minimum absolute atomic E-state index is 0.0444. The first kappa shape index (κ1) is 14.3. The van der Waals surface area contributed by atoms with E-state index in [1.165, 1.54) is 6.92 Å². The van der Waals surface area contributed by atoms with Gasteiger partial charge in [-0.1, -0.05) is 30.3 Å². The van der Waals surface area contributed by atoms with Crippen LogP contribution in [0.3, 0.4) is 0 Å². The highest BCUT2D eigenvalue weighted by atomic mass is 32.2. The van der Waals surface area contributed by atoms with Crippen molar-refractivity contribution in [3.05, 3.63) is 53.5 Å². The molecule has 0 aliphatic heterocycles. The van der Waals surface area contributed by atoms with E-state index in [1.807, 2.05) is 6.07 Å². The third kappa shape index (κ3) is 3.06. The van der Waals surface area contributed by atoms with Crippen molar-refractivity contribution in [2.75, 3.05) is 0 Å². The zero-order valence-corrected chi connectivity index (χ0v) is 11.5. The lowest BCUT2D eigenvalue weighted by atomic mass is 10.2. The summed E-state index contributed by atoms with van der Waals surface area (Å²) >= 11 is 0. The Labute approximate surface area is 116 Å². The third-order valence-corrected chi connectivity index (χ3v) is 4.19. The van der Waals surface area contributed by atoms with E-state index in [2.05, 4.69) is 4.72 Å². The van der Waals surface area contributed by atoms with Crippen LogP contribution in [-0.4, -0.2) is 19.5 Å². The minimum Gasteiger partial charge on any atom is -0.475 e. The van der Waals surface area contributed by atoms with Crippen molar-refractivity contribution in [1.29, 1.82) is 0 Å². The van der Waals surface area contributed by atoms with Crippen molar-refractivity contribution in [2.24, 2.45) is 0 Å². The number of carboxylic acids is 1. The fourth-order valence-corrected chi connectivity index (χ4v) is 2.88. The molecule has 6 nitrogen and oxygen atoms in total. The molecule has 0 amide bonds. The van der Waals surface area contributed by atoms with Crippen LogP contribution in [0, 0.1) is 6.92 Å². The van der Waals surface area contributed by atoms with Gasteiger partial charge in [0.25, 0.3) is 0 Å². The normalized spacial score (nSPS) is 11.4. The summed E-state index contributed by atoms with van der Waals surface area (Å²) in [6.45, 7) is 1.53. The zero-order valence-electron chi connectivity index (χ0n) is 10.7. The zero-order chi connectivity index (χ0) is 14.8. The summed E-state index contributed by atoms with van der Waals surface area (Å²) in [5.41, 5.74) is 0.802. The van der Waals surface area contributed by atoms with E-state index >= 15 is 0 Å². The molecule has 2 N–H and O–H groups in total. The predicted octanol–water partition coefficient (Wildman–Crippen LogP) is 1.76. The van der Waals surface area contributed by atoms with Crippen LogP contribution in [0.2, 0.25) is 0 Å². The molecular formula is C13H13NO5S. The highest BCUT2D eigenvalue weighted by Crippen LogP contribution is 2.20. The first-order chi connectivity index (χ1) is 9.40. The third-order valence-electron chi connectivity index (χ3n) is 2.68. The molecule has 0 aliphatic rings. The molecule has 1 aromatic heterocycles. The number of benzene rings is 1. The lowest BCUT2D eigenvalue weighted by Crippen LogP contribution is -2.23. The van der Waals surface area contributed by atoms with Gasteiger partial charge < -0.3 is 9.52 Å². The summed E-state index contributed by atoms with van der Waals surface area (Å²) in [7, 11) is -3.81.